The second-order valence-corrected chi connectivity index (χ2v) is 7.07. The van der Waals surface area contributed by atoms with Crippen LogP contribution in [0.3, 0.4) is 0 Å². The Morgan fingerprint density at radius 1 is 1.31 bits per heavy atom. The van der Waals surface area contributed by atoms with E-state index in [0.29, 0.717) is 28.6 Å². The van der Waals surface area contributed by atoms with Crippen LogP contribution < -0.4 is 20.7 Å². The zero-order chi connectivity index (χ0) is 18.7. The molecule has 0 aromatic heterocycles. The molecule has 0 unspecified atom stereocenters. The number of nitrogen functional groups attached to an aromatic ring is 1. The van der Waals surface area contributed by atoms with E-state index >= 15 is 0 Å². The predicted molar refractivity (Wildman–Crippen MR) is 107 cm³/mol. The molecule has 1 aliphatic heterocycles. The average molecular weight is 353 g/mol. The number of ether oxygens (including phenoxy) is 1. The number of hydrogen-bond acceptors (Lipinski definition) is 4. The lowest BCUT2D eigenvalue weighted by molar-refractivity contribution is 0.102. The summed E-state index contributed by atoms with van der Waals surface area (Å²) in [5, 5.41) is 2.95. The van der Waals surface area contributed by atoms with Gasteiger partial charge in [0.15, 0.2) is 0 Å². The van der Waals surface area contributed by atoms with Gasteiger partial charge in [0.05, 0.1) is 24.0 Å². The van der Waals surface area contributed by atoms with Crippen LogP contribution in [0.2, 0.25) is 0 Å². The highest BCUT2D eigenvalue weighted by molar-refractivity contribution is 6.07. The van der Waals surface area contributed by atoms with Crippen molar-refractivity contribution in [2.45, 2.75) is 26.7 Å². The molecule has 5 nitrogen and oxygen atoms in total. The summed E-state index contributed by atoms with van der Waals surface area (Å²) in [5.41, 5.74) is 10.1. The van der Waals surface area contributed by atoms with Crippen molar-refractivity contribution in [3.05, 3.63) is 47.5 Å². The third-order valence-corrected chi connectivity index (χ3v) is 4.97. The van der Waals surface area contributed by atoms with E-state index in [1.165, 1.54) is 12.8 Å². The van der Waals surface area contributed by atoms with Gasteiger partial charge in [-0.2, -0.15) is 0 Å². The van der Waals surface area contributed by atoms with Crippen LogP contribution in [0, 0.1) is 12.8 Å². The van der Waals surface area contributed by atoms with E-state index in [1.807, 2.05) is 24.3 Å². The number of aryl methyl sites for hydroxylation is 1. The molecule has 0 spiro atoms. The zero-order valence-electron chi connectivity index (χ0n) is 15.7. The van der Waals surface area contributed by atoms with E-state index in [9.17, 15) is 4.79 Å². The van der Waals surface area contributed by atoms with E-state index in [2.05, 4.69) is 24.1 Å². The van der Waals surface area contributed by atoms with Crippen molar-refractivity contribution in [2.75, 3.05) is 36.1 Å². The molecule has 0 saturated carbocycles. The highest BCUT2D eigenvalue weighted by Gasteiger charge is 2.20. The van der Waals surface area contributed by atoms with Crippen molar-refractivity contribution in [3.63, 3.8) is 0 Å². The monoisotopic (exact) mass is 353 g/mol. The van der Waals surface area contributed by atoms with Crippen molar-refractivity contribution < 1.29 is 9.53 Å². The molecule has 0 bridgehead atoms. The lowest BCUT2D eigenvalue weighted by Gasteiger charge is -2.34. The first-order chi connectivity index (χ1) is 12.5. The van der Waals surface area contributed by atoms with E-state index < -0.39 is 0 Å². The first-order valence-electron chi connectivity index (χ1n) is 9.09. The Kier molecular flexibility index (Phi) is 5.35. The van der Waals surface area contributed by atoms with Gasteiger partial charge in [-0.15, -0.1) is 0 Å². The Labute approximate surface area is 155 Å². The van der Waals surface area contributed by atoms with Gasteiger partial charge in [-0.1, -0.05) is 19.1 Å². The molecule has 3 N–H and O–H groups in total. The molecule has 0 aliphatic carbocycles. The summed E-state index contributed by atoms with van der Waals surface area (Å²) in [5.74, 6) is 0.990. The Morgan fingerprint density at radius 3 is 2.81 bits per heavy atom. The van der Waals surface area contributed by atoms with E-state index in [-0.39, 0.29) is 5.91 Å². The third kappa shape index (κ3) is 3.77. The van der Waals surface area contributed by atoms with Crippen LogP contribution in [0.25, 0.3) is 0 Å². The van der Waals surface area contributed by atoms with E-state index in [0.717, 1.165) is 24.3 Å². The van der Waals surface area contributed by atoms with Gasteiger partial charge in [0, 0.05) is 18.8 Å². The number of carbonyl (C=O) groups is 1. The first kappa shape index (κ1) is 18.1. The summed E-state index contributed by atoms with van der Waals surface area (Å²) in [6.45, 7) is 6.42. The fourth-order valence-corrected chi connectivity index (χ4v) is 3.60. The molecule has 1 amide bonds. The van der Waals surface area contributed by atoms with Crippen molar-refractivity contribution in [2.24, 2.45) is 5.92 Å². The number of nitrogens with two attached hydrogens (primary N) is 1. The maximum Gasteiger partial charge on any atom is 0.259 e. The summed E-state index contributed by atoms with van der Waals surface area (Å²) < 4.78 is 5.28. The normalized spacial score (nSPS) is 17.0. The molecule has 3 rings (SSSR count). The molecule has 1 fully saturated rings. The number of para-hydroxylation sites is 1. The number of benzene rings is 2. The molecule has 1 saturated heterocycles. The number of amides is 1. The minimum atomic E-state index is -0.226. The molecule has 2 aromatic rings. The van der Waals surface area contributed by atoms with Crippen LogP contribution in [0.15, 0.2) is 36.4 Å². The Morgan fingerprint density at radius 2 is 2.08 bits per heavy atom. The average Bonchev–Trinajstić information content (AvgIpc) is 2.63. The molecule has 1 heterocycles. The SMILES string of the molecule is COc1ccccc1C(=O)Nc1cc(N2CCC[C@@H](C)C2)c(C)cc1N. The van der Waals surface area contributed by atoms with Crippen LogP contribution in [-0.4, -0.2) is 26.1 Å². The standard InChI is InChI=1S/C21H27N3O2/c1-14-7-6-10-24(13-14)19-12-18(17(22)11-15(19)2)23-21(25)16-8-4-5-9-20(16)26-3/h4-5,8-9,11-12,14H,6-7,10,13,22H2,1-3H3,(H,23,25)/t14-/m1/s1. The fraction of sp³-hybridized carbons (Fsp3) is 0.381. The predicted octanol–water partition coefficient (Wildman–Crippen LogP) is 4.07. The minimum absolute atomic E-state index is 0.226. The molecular formula is C21H27N3O2. The largest absolute Gasteiger partial charge is 0.496 e. The second kappa shape index (κ2) is 7.68. The molecule has 2 aromatic carbocycles. The van der Waals surface area contributed by atoms with E-state index in [4.69, 9.17) is 10.5 Å². The van der Waals surface area contributed by atoms with E-state index in [1.54, 1.807) is 19.2 Å². The van der Waals surface area contributed by atoms with Gasteiger partial charge < -0.3 is 20.7 Å². The maximum absolute atomic E-state index is 12.7. The zero-order valence-corrected chi connectivity index (χ0v) is 15.7. The number of anilines is 3. The van der Waals surface area contributed by atoms with Crippen LogP contribution in [-0.2, 0) is 0 Å². The van der Waals surface area contributed by atoms with Gasteiger partial charge in [0.1, 0.15) is 5.75 Å². The maximum atomic E-state index is 12.7. The highest BCUT2D eigenvalue weighted by Crippen LogP contribution is 2.33. The van der Waals surface area contributed by atoms with Crippen LogP contribution >= 0.6 is 0 Å². The molecule has 1 aliphatic rings. The number of piperidine rings is 1. The van der Waals surface area contributed by atoms with Crippen LogP contribution in [0.1, 0.15) is 35.7 Å². The highest BCUT2D eigenvalue weighted by atomic mass is 16.5. The van der Waals surface area contributed by atoms with Gasteiger partial charge >= 0.3 is 0 Å². The fourth-order valence-electron chi connectivity index (χ4n) is 3.60. The van der Waals surface area contributed by atoms with Gasteiger partial charge in [-0.3, -0.25) is 4.79 Å². The lowest BCUT2D eigenvalue weighted by atomic mass is 9.98. The van der Waals surface area contributed by atoms with Crippen molar-refractivity contribution in [3.8, 4) is 5.75 Å². The third-order valence-electron chi connectivity index (χ3n) is 4.97. The Hall–Kier alpha value is -2.69. The van der Waals surface area contributed by atoms with Crippen LogP contribution in [0.4, 0.5) is 17.1 Å². The Balaban J connectivity index is 1.88. The molecule has 1 atom stereocenters. The van der Waals surface area contributed by atoms with Crippen LogP contribution in [0.5, 0.6) is 5.75 Å². The quantitative estimate of drug-likeness (QED) is 0.813. The van der Waals surface area contributed by atoms with Gasteiger partial charge in [-0.05, 0) is 55.5 Å². The Bertz CT molecular complexity index is 804. The smallest absolute Gasteiger partial charge is 0.259 e. The number of rotatable bonds is 4. The molecule has 5 heteroatoms. The summed E-state index contributed by atoms with van der Waals surface area (Å²) in [7, 11) is 1.56. The number of nitrogens with zero attached hydrogens (tertiary/aromatic N) is 1. The van der Waals surface area contributed by atoms with Gasteiger partial charge in [0.2, 0.25) is 0 Å². The second-order valence-electron chi connectivity index (χ2n) is 7.07. The molecule has 26 heavy (non-hydrogen) atoms. The summed E-state index contributed by atoms with van der Waals surface area (Å²) in [4.78, 5) is 15.1. The molecule has 138 valence electrons. The lowest BCUT2D eigenvalue weighted by Crippen LogP contribution is -2.34. The summed E-state index contributed by atoms with van der Waals surface area (Å²) >= 11 is 0. The summed E-state index contributed by atoms with van der Waals surface area (Å²) in [6, 6.07) is 11.1. The number of methoxy groups -OCH3 is 1. The van der Waals surface area contributed by atoms with Crippen molar-refractivity contribution in [1.29, 1.82) is 0 Å². The molecular weight excluding hydrogens is 326 g/mol. The first-order valence-corrected chi connectivity index (χ1v) is 9.09. The van der Waals surface area contributed by atoms with Crippen molar-refractivity contribution >= 4 is 23.0 Å². The van der Waals surface area contributed by atoms with Crippen molar-refractivity contribution in [1.82, 2.24) is 0 Å². The number of carbonyl (C=O) groups excluding carboxylic acids is 1. The number of hydrogen-bond donors (Lipinski definition) is 2. The summed E-state index contributed by atoms with van der Waals surface area (Å²) in [6.07, 6.45) is 2.45. The minimum Gasteiger partial charge on any atom is -0.496 e. The number of nitrogens with one attached hydrogen (secondary N) is 1. The molecule has 0 radical (unpaired) electrons. The van der Waals surface area contributed by atoms with Gasteiger partial charge in [0.25, 0.3) is 5.91 Å². The topological polar surface area (TPSA) is 67.6 Å². The van der Waals surface area contributed by atoms with Gasteiger partial charge in [-0.25, -0.2) is 0 Å².